The Labute approximate surface area is 185 Å². The zero-order chi connectivity index (χ0) is 23.9. The van der Waals surface area contributed by atoms with Crippen LogP contribution in [-0.4, -0.2) is 51.7 Å². The Morgan fingerprint density at radius 3 is 2.56 bits per heavy atom. The van der Waals surface area contributed by atoms with E-state index in [0.29, 0.717) is 11.8 Å². The van der Waals surface area contributed by atoms with Crippen LogP contribution in [0.5, 0.6) is 5.88 Å². The average molecular weight is 472 g/mol. The largest absolute Gasteiger partial charge is 0.631 e. The lowest BCUT2D eigenvalue weighted by Gasteiger charge is -2.66. The van der Waals surface area contributed by atoms with Gasteiger partial charge in [-0.2, -0.15) is 0 Å². The van der Waals surface area contributed by atoms with Crippen LogP contribution in [0.25, 0.3) is 0 Å². The van der Waals surface area contributed by atoms with Crippen LogP contribution >= 0.6 is 11.8 Å². The Bertz CT molecular complexity index is 1010. The molecule has 1 unspecified atom stereocenters. The van der Waals surface area contributed by atoms with E-state index in [-0.39, 0.29) is 17.3 Å². The molecule has 1 saturated heterocycles. The topological polar surface area (TPSA) is 136 Å². The normalized spacial score (nSPS) is 24.2. The molecule has 1 aliphatic heterocycles. The molecular weight excluding hydrogens is 451 g/mol. The number of hydrogen-bond donors (Lipinski definition) is 2. The van der Waals surface area contributed by atoms with Gasteiger partial charge in [0, 0.05) is 11.3 Å². The van der Waals surface area contributed by atoms with Gasteiger partial charge in [0.25, 0.3) is 12.3 Å². The minimum Gasteiger partial charge on any atom is -0.631 e. The molecule has 2 atom stereocenters. The van der Waals surface area contributed by atoms with Crippen molar-refractivity contribution in [3.05, 3.63) is 58.1 Å². The van der Waals surface area contributed by atoms with Gasteiger partial charge in [-0.05, 0) is 32.0 Å². The summed E-state index contributed by atoms with van der Waals surface area (Å²) in [5.41, 5.74) is 3.53. The summed E-state index contributed by atoms with van der Waals surface area (Å²) in [7, 11) is 1.37. The number of amides is 1. The minimum atomic E-state index is -3.29. The van der Waals surface area contributed by atoms with Crippen LogP contribution in [0.4, 0.5) is 18.9 Å². The zero-order valence-corrected chi connectivity index (χ0v) is 18.2. The Kier molecular flexibility index (Phi) is 6.41. The highest BCUT2D eigenvalue weighted by atomic mass is 32.2. The third-order valence-corrected chi connectivity index (χ3v) is 7.24. The van der Waals surface area contributed by atoms with Crippen LogP contribution in [0.2, 0.25) is 0 Å². The summed E-state index contributed by atoms with van der Waals surface area (Å²) in [4.78, 5) is 17.8. The molecule has 3 rings (SSSR count). The van der Waals surface area contributed by atoms with Crippen molar-refractivity contribution in [1.29, 1.82) is 0 Å². The molecule has 0 radical (unpaired) electrons. The van der Waals surface area contributed by atoms with E-state index in [0.717, 1.165) is 24.4 Å². The lowest BCUT2D eigenvalue weighted by molar-refractivity contribution is -0.886. The number of carbonyl (C=O) groups excluding carboxylic acids is 1. The number of aromatic nitrogens is 2. The van der Waals surface area contributed by atoms with Crippen molar-refractivity contribution < 1.29 is 27.5 Å². The van der Waals surface area contributed by atoms with Gasteiger partial charge in [0.05, 0.1) is 19.5 Å². The molecule has 1 aromatic carbocycles. The van der Waals surface area contributed by atoms with Gasteiger partial charge in [-0.25, -0.2) is 23.1 Å². The molecule has 0 spiro atoms. The summed E-state index contributed by atoms with van der Waals surface area (Å²) >= 11 is 0.470. The van der Waals surface area contributed by atoms with E-state index in [1.807, 2.05) is 0 Å². The predicted molar refractivity (Wildman–Crippen MR) is 112 cm³/mol. The van der Waals surface area contributed by atoms with E-state index in [1.54, 1.807) is 0 Å². The number of rotatable bonds is 5. The highest BCUT2D eigenvalue weighted by Crippen LogP contribution is 2.54. The lowest BCUT2D eigenvalue weighted by Crippen LogP contribution is -2.70. The molecular formula is C19H21F3N5O4S-. The molecule has 2 aromatic rings. The van der Waals surface area contributed by atoms with Crippen LogP contribution in [0.3, 0.4) is 0 Å². The van der Waals surface area contributed by atoms with Crippen LogP contribution in [-0.2, 0) is 4.75 Å². The number of methoxy groups -OCH3 is 1. The first-order valence-electron chi connectivity index (χ1n) is 9.33. The number of nitrogens with one attached hydrogen (secondary N) is 1. The highest BCUT2D eigenvalue weighted by Gasteiger charge is 2.58. The SMILES string of the molecule is COc1cnc(C(=O)Nc2ccc(F)c([C@]3(C(F)F)C[N+]([O-])([O-])C(C)(C)C(N)S3)c2)cn1. The number of nitrogens with zero attached hydrogens (tertiary/aromatic N) is 3. The van der Waals surface area contributed by atoms with Crippen LogP contribution < -0.4 is 15.8 Å². The number of carbonyl (C=O) groups is 1. The van der Waals surface area contributed by atoms with Gasteiger partial charge in [0.2, 0.25) is 5.88 Å². The number of anilines is 1. The van der Waals surface area contributed by atoms with Crippen molar-refractivity contribution in [3.8, 4) is 5.88 Å². The van der Waals surface area contributed by atoms with Gasteiger partial charge in [0.1, 0.15) is 29.0 Å². The fourth-order valence-electron chi connectivity index (χ4n) is 3.16. The Hall–Kier alpha value is -2.45. The zero-order valence-electron chi connectivity index (χ0n) is 17.3. The molecule has 0 aliphatic carbocycles. The number of quaternary nitrogens is 1. The maximum atomic E-state index is 14.7. The molecule has 1 fully saturated rings. The number of nitrogens with two attached hydrogens (primary N) is 1. The van der Waals surface area contributed by atoms with Crippen molar-refractivity contribution in [3.63, 3.8) is 0 Å². The smallest absolute Gasteiger partial charge is 0.275 e. The second-order valence-electron chi connectivity index (χ2n) is 7.81. The van der Waals surface area contributed by atoms with E-state index >= 15 is 0 Å². The molecule has 174 valence electrons. The van der Waals surface area contributed by atoms with Gasteiger partial charge in [-0.15, -0.1) is 11.8 Å². The number of halogens is 3. The Morgan fingerprint density at radius 2 is 2.03 bits per heavy atom. The number of hydrogen-bond acceptors (Lipinski definition) is 8. The molecule has 1 aliphatic rings. The molecule has 13 heteroatoms. The predicted octanol–water partition coefficient (Wildman–Crippen LogP) is 2.96. The summed E-state index contributed by atoms with van der Waals surface area (Å²) in [5, 5.41) is 26.4. The first-order chi connectivity index (χ1) is 14.8. The minimum absolute atomic E-state index is 0.0436. The van der Waals surface area contributed by atoms with Gasteiger partial charge >= 0.3 is 0 Å². The summed E-state index contributed by atoms with van der Waals surface area (Å²) in [5.74, 6) is -1.63. The maximum Gasteiger partial charge on any atom is 0.275 e. The average Bonchev–Trinajstić information content (AvgIpc) is 2.73. The van der Waals surface area contributed by atoms with Gasteiger partial charge in [0.15, 0.2) is 4.75 Å². The second-order valence-corrected chi connectivity index (χ2v) is 9.28. The first-order valence-corrected chi connectivity index (χ1v) is 10.2. The maximum absolute atomic E-state index is 14.7. The third-order valence-electron chi connectivity index (χ3n) is 5.46. The number of thioether (sulfide) groups is 1. The summed E-state index contributed by atoms with van der Waals surface area (Å²) in [6, 6.07) is 2.99. The fourth-order valence-corrected chi connectivity index (χ4v) is 4.70. The number of hydroxylamine groups is 4. The van der Waals surface area contributed by atoms with Crippen LogP contribution in [0, 0.1) is 16.2 Å². The molecule has 32 heavy (non-hydrogen) atoms. The van der Waals surface area contributed by atoms with Crippen LogP contribution in [0.1, 0.15) is 29.9 Å². The molecule has 2 heterocycles. The van der Waals surface area contributed by atoms with Crippen molar-refractivity contribution >= 4 is 23.4 Å². The lowest BCUT2D eigenvalue weighted by atomic mass is 9.93. The van der Waals surface area contributed by atoms with Gasteiger partial charge in [-0.1, -0.05) is 0 Å². The molecule has 3 N–H and O–H groups in total. The first kappa shape index (κ1) is 24.2. The second kappa shape index (κ2) is 8.48. The van der Waals surface area contributed by atoms with Crippen molar-refractivity contribution in [1.82, 2.24) is 9.97 Å². The quantitative estimate of drug-likeness (QED) is 0.501. The highest BCUT2D eigenvalue weighted by molar-refractivity contribution is 8.01. The Balaban J connectivity index is 1.98. The summed E-state index contributed by atoms with van der Waals surface area (Å²) < 4.78 is 45.7. The fraction of sp³-hybridized carbons (Fsp3) is 0.421. The molecule has 1 aromatic heterocycles. The third kappa shape index (κ3) is 4.13. The summed E-state index contributed by atoms with van der Waals surface area (Å²) in [6.45, 7) is 1.40. The monoisotopic (exact) mass is 472 g/mol. The van der Waals surface area contributed by atoms with Gasteiger partial charge in [-0.3, -0.25) is 4.79 Å². The number of ether oxygens (including phenoxy) is 1. The summed E-state index contributed by atoms with van der Waals surface area (Å²) in [6.07, 6.45) is -0.945. The molecule has 9 nitrogen and oxygen atoms in total. The molecule has 0 saturated carbocycles. The van der Waals surface area contributed by atoms with E-state index in [1.165, 1.54) is 27.2 Å². The van der Waals surface area contributed by atoms with Gasteiger partial charge < -0.3 is 31.0 Å². The van der Waals surface area contributed by atoms with E-state index in [9.17, 15) is 28.4 Å². The van der Waals surface area contributed by atoms with Crippen molar-refractivity contribution in [2.24, 2.45) is 5.73 Å². The van der Waals surface area contributed by atoms with E-state index < -0.39 is 50.7 Å². The van der Waals surface area contributed by atoms with E-state index in [2.05, 4.69) is 15.3 Å². The Morgan fingerprint density at radius 1 is 1.34 bits per heavy atom. The number of benzene rings is 1. The standard InChI is InChI=1S/C19H21F3N5O4S/c1-18(2)17(23)32-19(16(21)22,9-27(18,29)30)11-6-10(4-5-12(11)20)26-15(28)13-7-25-14(31-3)8-24-13/h4-8,16-17H,9,23H2,1-3H3,(H,26,28)/q-1/t17?,19-/m0/s1. The van der Waals surface area contributed by atoms with Crippen LogP contribution in [0.15, 0.2) is 30.6 Å². The molecule has 0 bridgehead atoms. The number of alkyl halides is 2. The van der Waals surface area contributed by atoms with Crippen molar-refractivity contribution in [2.75, 3.05) is 19.0 Å². The van der Waals surface area contributed by atoms with Crippen molar-refractivity contribution in [2.45, 2.75) is 35.9 Å². The van der Waals surface area contributed by atoms with E-state index in [4.69, 9.17) is 10.5 Å². The molecule has 1 amide bonds.